The Labute approximate surface area is 50.7 Å². The minimum absolute atomic E-state index is 0.0417. The highest BCUT2D eigenvalue weighted by atomic mass is 16.1. The van der Waals surface area contributed by atoms with Crippen LogP contribution >= 0.6 is 0 Å². The third kappa shape index (κ3) is 0.481. The summed E-state index contributed by atoms with van der Waals surface area (Å²) in [5.41, 5.74) is 0. The highest BCUT2D eigenvalue weighted by Crippen LogP contribution is 2.07. The predicted molar refractivity (Wildman–Crippen MR) is 26.8 cm³/mol. The van der Waals surface area contributed by atoms with Gasteiger partial charge in [0.1, 0.15) is 0 Å². The summed E-state index contributed by atoms with van der Waals surface area (Å²) in [6.07, 6.45) is 0.526. The lowest BCUT2D eigenvalue weighted by atomic mass is 10.3. The molecule has 1 aromatic heterocycles. The first-order valence-electron chi connectivity index (χ1n) is 2.67. The molecule has 1 aliphatic rings. The summed E-state index contributed by atoms with van der Waals surface area (Å²) in [6, 6.07) is 0. The zero-order chi connectivity index (χ0) is 6.27. The van der Waals surface area contributed by atoms with Gasteiger partial charge in [-0.2, -0.15) is 0 Å². The second kappa shape index (κ2) is 1.37. The molecule has 0 spiro atoms. The van der Waals surface area contributed by atoms with Crippen LogP contribution in [0.15, 0.2) is 0 Å². The molecule has 0 aliphatic carbocycles. The van der Waals surface area contributed by atoms with E-state index >= 15 is 0 Å². The van der Waals surface area contributed by atoms with E-state index < -0.39 is 0 Å². The molecule has 0 unspecified atom stereocenters. The molecule has 0 fully saturated rings. The van der Waals surface area contributed by atoms with Gasteiger partial charge in [0.25, 0.3) is 0 Å². The maximum atomic E-state index is 10.8. The van der Waals surface area contributed by atoms with Crippen LogP contribution in [0.5, 0.6) is 0 Å². The summed E-state index contributed by atoms with van der Waals surface area (Å²) in [7, 11) is 0. The van der Waals surface area contributed by atoms with Crippen molar-refractivity contribution in [3.63, 3.8) is 0 Å². The summed E-state index contributed by atoms with van der Waals surface area (Å²) >= 11 is 0. The van der Waals surface area contributed by atoms with Crippen molar-refractivity contribution in [2.24, 2.45) is 0 Å². The fourth-order valence-electron chi connectivity index (χ4n) is 0.874. The third-order valence-electron chi connectivity index (χ3n) is 1.33. The standard InChI is InChI=1S/C4H4N4O/c9-3-1-2-8-4(3)5-6-7-8/h1-2H2. The van der Waals surface area contributed by atoms with E-state index in [9.17, 15) is 4.79 Å². The molecule has 0 amide bonds. The average molecular weight is 124 g/mol. The lowest BCUT2D eigenvalue weighted by Crippen LogP contribution is -1.95. The molecule has 0 N–H and O–H groups in total. The zero-order valence-electron chi connectivity index (χ0n) is 4.61. The molecule has 0 atom stereocenters. The molecule has 2 rings (SSSR count). The number of carbonyl (C=O) groups excluding carboxylic acids is 1. The van der Waals surface area contributed by atoms with Crippen molar-refractivity contribution in [2.75, 3.05) is 0 Å². The average Bonchev–Trinajstić information content (AvgIpc) is 2.35. The number of aryl methyl sites for hydroxylation is 1. The van der Waals surface area contributed by atoms with E-state index in [4.69, 9.17) is 0 Å². The monoisotopic (exact) mass is 124 g/mol. The van der Waals surface area contributed by atoms with Crippen molar-refractivity contribution in [1.29, 1.82) is 0 Å². The molecular formula is C4H4N4O. The normalized spacial score (nSPS) is 16.2. The molecule has 46 valence electrons. The molecule has 5 heteroatoms. The topological polar surface area (TPSA) is 60.7 Å². The van der Waals surface area contributed by atoms with Gasteiger partial charge in [0.05, 0.1) is 6.54 Å². The van der Waals surface area contributed by atoms with Crippen LogP contribution in [0.25, 0.3) is 0 Å². The summed E-state index contributed by atoms with van der Waals surface area (Å²) in [4.78, 5) is 10.8. The lowest BCUT2D eigenvalue weighted by Gasteiger charge is -1.81. The van der Waals surface area contributed by atoms with Gasteiger partial charge in [0.2, 0.25) is 11.6 Å². The van der Waals surface area contributed by atoms with Gasteiger partial charge in [-0.3, -0.25) is 4.79 Å². The number of hydrogen-bond acceptors (Lipinski definition) is 4. The van der Waals surface area contributed by atoms with E-state index in [-0.39, 0.29) is 5.78 Å². The molecule has 0 radical (unpaired) electrons. The molecule has 0 saturated carbocycles. The van der Waals surface area contributed by atoms with Gasteiger partial charge in [0.15, 0.2) is 0 Å². The van der Waals surface area contributed by atoms with Crippen LogP contribution in [-0.4, -0.2) is 26.0 Å². The first kappa shape index (κ1) is 4.60. The first-order valence-corrected chi connectivity index (χ1v) is 2.67. The van der Waals surface area contributed by atoms with Gasteiger partial charge in [-0.25, -0.2) is 4.68 Å². The molecular weight excluding hydrogens is 120 g/mol. The smallest absolute Gasteiger partial charge is 0.218 e. The Morgan fingerprint density at radius 2 is 2.44 bits per heavy atom. The zero-order valence-corrected chi connectivity index (χ0v) is 4.61. The number of nitrogens with zero attached hydrogens (tertiary/aromatic N) is 4. The Morgan fingerprint density at radius 1 is 1.56 bits per heavy atom. The molecule has 0 aromatic carbocycles. The van der Waals surface area contributed by atoms with Gasteiger partial charge in [-0.1, -0.05) is 0 Å². The largest absolute Gasteiger partial charge is 0.291 e. The SMILES string of the molecule is O=C1CCn2nnnc21. The number of rotatable bonds is 0. The number of Topliss-reactive ketones (excluding diaryl/α,β-unsaturated/α-hetero) is 1. The van der Waals surface area contributed by atoms with Crippen molar-refractivity contribution in [3.8, 4) is 0 Å². The fourth-order valence-corrected chi connectivity index (χ4v) is 0.874. The van der Waals surface area contributed by atoms with Crippen LogP contribution < -0.4 is 0 Å². The van der Waals surface area contributed by atoms with Gasteiger partial charge >= 0.3 is 0 Å². The van der Waals surface area contributed by atoms with Gasteiger partial charge < -0.3 is 0 Å². The third-order valence-corrected chi connectivity index (χ3v) is 1.33. The van der Waals surface area contributed by atoms with E-state index in [1.165, 1.54) is 4.68 Å². The van der Waals surface area contributed by atoms with Crippen molar-refractivity contribution < 1.29 is 4.79 Å². The van der Waals surface area contributed by atoms with Crippen molar-refractivity contribution in [3.05, 3.63) is 5.82 Å². The van der Waals surface area contributed by atoms with E-state index in [0.717, 1.165) is 0 Å². The molecule has 2 heterocycles. The van der Waals surface area contributed by atoms with Crippen LogP contribution in [0, 0.1) is 0 Å². The van der Waals surface area contributed by atoms with Crippen molar-refractivity contribution in [2.45, 2.75) is 13.0 Å². The van der Waals surface area contributed by atoms with Crippen LogP contribution in [0.3, 0.4) is 0 Å². The fraction of sp³-hybridized carbons (Fsp3) is 0.500. The second-order valence-corrected chi connectivity index (χ2v) is 1.90. The van der Waals surface area contributed by atoms with Gasteiger partial charge in [-0.05, 0) is 10.4 Å². The Balaban J connectivity index is 2.61. The summed E-state index contributed by atoms with van der Waals surface area (Å²) in [5, 5.41) is 10.4. The number of aromatic nitrogens is 4. The maximum Gasteiger partial charge on any atom is 0.218 e. The van der Waals surface area contributed by atoms with E-state index in [2.05, 4.69) is 15.5 Å². The molecule has 0 bridgehead atoms. The minimum Gasteiger partial charge on any atom is -0.291 e. The van der Waals surface area contributed by atoms with Crippen LogP contribution in [0.2, 0.25) is 0 Å². The van der Waals surface area contributed by atoms with E-state index in [1.54, 1.807) is 0 Å². The Bertz CT molecular complexity index is 253. The number of hydrogen-bond donors (Lipinski definition) is 0. The van der Waals surface area contributed by atoms with Gasteiger partial charge in [-0.15, -0.1) is 5.10 Å². The van der Waals surface area contributed by atoms with Crippen LogP contribution in [0.1, 0.15) is 17.0 Å². The van der Waals surface area contributed by atoms with Crippen LogP contribution in [-0.2, 0) is 6.54 Å². The number of tetrazole rings is 1. The minimum atomic E-state index is 0.0417. The highest BCUT2D eigenvalue weighted by Gasteiger charge is 2.21. The summed E-state index contributed by atoms with van der Waals surface area (Å²) < 4.78 is 1.52. The highest BCUT2D eigenvalue weighted by molar-refractivity contribution is 5.93. The Morgan fingerprint density at radius 3 is 3.22 bits per heavy atom. The maximum absolute atomic E-state index is 10.8. The Hall–Kier alpha value is -1.26. The predicted octanol–water partition coefficient (Wildman–Crippen LogP) is -0.741. The lowest BCUT2D eigenvalue weighted by molar-refractivity contribution is 0.0989. The van der Waals surface area contributed by atoms with E-state index in [1.807, 2.05) is 0 Å². The quantitative estimate of drug-likeness (QED) is 0.457. The van der Waals surface area contributed by atoms with Gasteiger partial charge in [0, 0.05) is 6.42 Å². The number of carbonyl (C=O) groups is 1. The first-order chi connectivity index (χ1) is 4.38. The van der Waals surface area contributed by atoms with Crippen LogP contribution in [0.4, 0.5) is 0 Å². The van der Waals surface area contributed by atoms with Crippen molar-refractivity contribution in [1.82, 2.24) is 20.2 Å². The molecule has 5 nitrogen and oxygen atoms in total. The molecule has 1 aliphatic heterocycles. The van der Waals surface area contributed by atoms with Crippen molar-refractivity contribution >= 4 is 5.78 Å². The summed E-state index contributed by atoms with van der Waals surface area (Å²) in [5.74, 6) is 0.440. The number of fused-ring (bicyclic) bond motifs is 1. The molecule has 1 aromatic rings. The Kier molecular flexibility index (Phi) is 0.700. The molecule has 0 saturated heterocycles. The summed E-state index contributed by atoms with van der Waals surface area (Å²) in [6.45, 7) is 0.640. The number of ketones is 1. The second-order valence-electron chi connectivity index (χ2n) is 1.90. The molecule has 9 heavy (non-hydrogen) atoms. The van der Waals surface area contributed by atoms with E-state index in [0.29, 0.717) is 18.8 Å².